The van der Waals surface area contributed by atoms with Crippen LogP contribution in [0.2, 0.25) is 0 Å². The van der Waals surface area contributed by atoms with Crippen LogP contribution < -0.4 is 5.73 Å². The number of hydrogen-bond acceptors (Lipinski definition) is 5. The minimum atomic E-state index is -0.121. The highest BCUT2D eigenvalue weighted by atomic mass is 32.1. The van der Waals surface area contributed by atoms with Crippen LogP contribution in [0.15, 0.2) is 0 Å². The van der Waals surface area contributed by atoms with Crippen LogP contribution in [-0.4, -0.2) is 66.1 Å². The molecular formula is C13H25N3O2S. The largest absolute Gasteiger partial charge is 0.465 e. The van der Waals surface area contributed by atoms with Crippen molar-refractivity contribution in [1.82, 2.24) is 9.80 Å². The van der Waals surface area contributed by atoms with Crippen LogP contribution in [0.1, 0.15) is 26.7 Å². The van der Waals surface area contributed by atoms with Crippen molar-refractivity contribution in [2.45, 2.75) is 32.7 Å². The smallest absolute Gasteiger partial charge is 0.320 e. The summed E-state index contributed by atoms with van der Waals surface area (Å²) in [6, 6.07) is 0.133. The van der Waals surface area contributed by atoms with Crippen molar-refractivity contribution in [2.24, 2.45) is 5.73 Å². The number of nitrogens with two attached hydrogens (primary N) is 1. The molecule has 0 bridgehead atoms. The number of nitrogens with zero attached hydrogens (tertiary/aromatic N) is 2. The second kappa shape index (κ2) is 8.45. The summed E-state index contributed by atoms with van der Waals surface area (Å²) in [5.41, 5.74) is 5.65. The van der Waals surface area contributed by atoms with Crippen molar-refractivity contribution >= 4 is 23.2 Å². The molecule has 0 aliphatic carbocycles. The van der Waals surface area contributed by atoms with E-state index in [0.29, 0.717) is 18.1 Å². The lowest BCUT2D eigenvalue weighted by Gasteiger charge is -2.37. The van der Waals surface area contributed by atoms with Crippen LogP contribution in [0.5, 0.6) is 0 Å². The first-order chi connectivity index (χ1) is 9.04. The van der Waals surface area contributed by atoms with Gasteiger partial charge >= 0.3 is 5.97 Å². The van der Waals surface area contributed by atoms with Crippen molar-refractivity contribution in [3.05, 3.63) is 0 Å². The van der Waals surface area contributed by atoms with Gasteiger partial charge in [-0.2, -0.15) is 0 Å². The molecule has 19 heavy (non-hydrogen) atoms. The maximum absolute atomic E-state index is 11.6. The average Bonchev–Trinajstić information content (AvgIpc) is 2.39. The van der Waals surface area contributed by atoms with E-state index in [-0.39, 0.29) is 12.0 Å². The van der Waals surface area contributed by atoms with Gasteiger partial charge in [0.05, 0.1) is 24.2 Å². The Bertz CT molecular complexity index is 304. The Kier molecular flexibility index (Phi) is 7.27. The molecule has 5 nitrogen and oxygen atoms in total. The predicted molar refractivity (Wildman–Crippen MR) is 80.1 cm³/mol. The van der Waals surface area contributed by atoms with Crippen molar-refractivity contribution in [3.63, 3.8) is 0 Å². The predicted octanol–water partition coefficient (Wildman–Crippen LogP) is 0.622. The average molecular weight is 287 g/mol. The van der Waals surface area contributed by atoms with Crippen molar-refractivity contribution in [3.8, 4) is 0 Å². The standard InChI is InChI=1S/C13H25N3O2S/c1-3-4-9-18-12(17)10-15-5-7-16(8-6-15)11(2)13(14)19/h11H,3-10H2,1-2H3,(H2,14,19). The number of carbonyl (C=O) groups excluding carboxylic acids is 1. The Morgan fingerprint density at radius 1 is 1.37 bits per heavy atom. The van der Waals surface area contributed by atoms with Crippen molar-refractivity contribution < 1.29 is 9.53 Å². The highest BCUT2D eigenvalue weighted by Crippen LogP contribution is 2.06. The van der Waals surface area contributed by atoms with Gasteiger partial charge in [0.15, 0.2) is 0 Å². The third-order valence-electron chi connectivity index (χ3n) is 3.48. The molecule has 1 unspecified atom stereocenters. The van der Waals surface area contributed by atoms with E-state index in [4.69, 9.17) is 22.7 Å². The molecule has 0 spiro atoms. The van der Waals surface area contributed by atoms with Gasteiger partial charge < -0.3 is 10.5 Å². The molecular weight excluding hydrogens is 262 g/mol. The fourth-order valence-corrected chi connectivity index (χ4v) is 2.20. The van der Waals surface area contributed by atoms with Gasteiger partial charge in [0, 0.05) is 26.2 Å². The molecule has 1 rings (SSSR count). The summed E-state index contributed by atoms with van der Waals surface area (Å²) in [5, 5.41) is 0. The molecule has 1 aliphatic heterocycles. The lowest BCUT2D eigenvalue weighted by Crippen LogP contribution is -2.53. The third kappa shape index (κ3) is 5.84. The second-order valence-corrected chi connectivity index (χ2v) is 5.44. The molecule has 6 heteroatoms. The summed E-state index contributed by atoms with van der Waals surface area (Å²) < 4.78 is 5.16. The molecule has 1 fully saturated rings. The quantitative estimate of drug-likeness (QED) is 0.421. The fraction of sp³-hybridized carbons (Fsp3) is 0.846. The number of thiocarbonyl (C=S) groups is 1. The monoisotopic (exact) mass is 287 g/mol. The van der Waals surface area contributed by atoms with Gasteiger partial charge in [-0.25, -0.2) is 0 Å². The number of carbonyl (C=O) groups is 1. The lowest BCUT2D eigenvalue weighted by atomic mass is 10.2. The SMILES string of the molecule is CCCCOC(=O)CN1CCN(C(C)C(N)=S)CC1. The summed E-state index contributed by atoms with van der Waals surface area (Å²) in [5.74, 6) is -0.121. The molecule has 1 saturated heterocycles. The van der Waals surface area contributed by atoms with E-state index >= 15 is 0 Å². The van der Waals surface area contributed by atoms with Gasteiger partial charge in [-0.1, -0.05) is 25.6 Å². The van der Waals surface area contributed by atoms with Crippen LogP contribution in [0.25, 0.3) is 0 Å². The Labute approximate surface area is 121 Å². The second-order valence-electron chi connectivity index (χ2n) is 4.96. The van der Waals surface area contributed by atoms with Crippen LogP contribution in [0.3, 0.4) is 0 Å². The van der Waals surface area contributed by atoms with Gasteiger partial charge in [0.25, 0.3) is 0 Å². The molecule has 0 aromatic rings. The maximum atomic E-state index is 11.6. The van der Waals surface area contributed by atoms with Crippen LogP contribution in [0, 0.1) is 0 Å². The van der Waals surface area contributed by atoms with Crippen molar-refractivity contribution in [1.29, 1.82) is 0 Å². The summed E-state index contributed by atoms with van der Waals surface area (Å²) in [4.78, 5) is 16.5. The fourth-order valence-electron chi connectivity index (χ4n) is 2.05. The summed E-state index contributed by atoms with van der Waals surface area (Å²) in [7, 11) is 0. The Balaban J connectivity index is 2.22. The normalized spacial score (nSPS) is 19.1. The molecule has 1 heterocycles. The molecule has 0 saturated carbocycles. The van der Waals surface area contributed by atoms with E-state index in [0.717, 1.165) is 39.0 Å². The zero-order chi connectivity index (χ0) is 14.3. The van der Waals surface area contributed by atoms with E-state index < -0.39 is 0 Å². The number of ether oxygens (including phenoxy) is 1. The highest BCUT2D eigenvalue weighted by molar-refractivity contribution is 7.80. The Hall–Kier alpha value is -0.720. The van der Waals surface area contributed by atoms with Gasteiger partial charge in [0.1, 0.15) is 0 Å². The first-order valence-electron chi connectivity index (χ1n) is 6.96. The van der Waals surface area contributed by atoms with E-state index in [1.54, 1.807) is 0 Å². The molecule has 2 N–H and O–H groups in total. The van der Waals surface area contributed by atoms with E-state index in [9.17, 15) is 4.79 Å². The van der Waals surface area contributed by atoms with E-state index in [2.05, 4.69) is 16.7 Å². The Morgan fingerprint density at radius 2 is 2.00 bits per heavy atom. The molecule has 0 radical (unpaired) electrons. The number of rotatable bonds is 7. The van der Waals surface area contributed by atoms with Gasteiger partial charge in [-0.15, -0.1) is 0 Å². The Morgan fingerprint density at radius 3 is 2.53 bits per heavy atom. The highest BCUT2D eigenvalue weighted by Gasteiger charge is 2.23. The number of piperazine rings is 1. The summed E-state index contributed by atoms with van der Waals surface area (Å²) in [6.45, 7) is 8.52. The third-order valence-corrected chi connectivity index (χ3v) is 3.82. The minimum absolute atomic E-state index is 0.121. The van der Waals surface area contributed by atoms with Crippen molar-refractivity contribution in [2.75, 3.05) is 39.3 Å². The van der Waals surface area contributed by atoms with E-state index in [1.807, 2.05) is 6.92 Å². The topological polar surface area (TPSA) is 58.8 Å². The minimum Gasteiger partial charge on any atom is -0.465 e. The maximum Gasteiger partial charge on any atom is 0.320 e. The number of esters is 1. The number of unbranched alkanes of at least 4 members (excludes halogenated alkanes) is 1. The molecule has 0 aromatic heterocycles. The molecule has 110 valence electrons. The van der Waals surface area contributed by atoms with Crippen LogP contribution in [0.4, 0.5) is 0 Å². The zero-order valence-corrected chi connectivity index (χ0v) is 12.7. The molecule has 1 atom stereocenters. The van der Waals surface area contributed by atoms with Gasteiger partial charge in [-0.3, -0.25) is 14.6 Å². The van der Waals surface area contributed by atoms with E-state index in [1.165, 1.54) is 0 Å². The van der Waals surface area contributed by atoms with Crippen LogP contribution >= 0.6 is 12.2 Å². The van der Waals surface area contributed by atoms with Crippen LogP contribution in [-0.2, 0) is 9.53 Å². The molecule has 1 aliphatic rings. The van der Waals surface area contributed by atoms with Gasteiger partial charge in [0.2, 0.25) is 0 Å². The first-order valence-corrected chi connectivity index (χ1v) is 7.36. The summed E-state index contributed by atoms with van der Waals surface area (Å²) in [6.07, 6.45) is 1.98. The molecule has 0 aromatic carbocycles. The lowest BCUT2D eigenvalue weighted by molar-refractivity contribution is -0.145. The molecule has 0 amide bonds. The van der Waals surface area contributed by atoms with Gasteiger partial charge in [-0.05, 0) is 13.3 Å². The summed E-state index contributed by atoms with van der Waals surface area (Å²) >= 11 is 5.01. The number of hydrogen-bond donors (Lipinski definition) is 1. The first kappa shape index (κ1) is 16.3. The zero-order valence-electron chi connectivity index (χ0n) is 11.9.